The Morgan fingerprint density at radius 2 is 2.18 bits per heavy atom. The summed E-state index contributed by atoms with van der Waals surface area (Å²) in [6.07, 6.45) is -1.24. The van der Waals surface area contributed by atoms with Crippen molar-refractivity contribution in [1.29, 1.82) is 0 Å². The lowest BCUT2D eigenvalue weighted by molar-refractivity contribution is -0.136. The standard InChI is InChI=1S/C10H8F3N3S/c11-10(12,13)7-2-1-3-16-5-6(4-8(14)17)15-9(7)16/h1-3,5H,4H2,(H2,14,17). The van der Waals surface area contributed by atoms with Gasteiger partial charge in [0.15, 0.2) is 0 Å². The molecule has 0 atom stereocenters. The van der Waals surface area contributed by atoms with Gasteiger partial charge in [-0.15, -0.1) is 0 Å². The van der Waals surface area contributed by atoms with Crippen LogP contribution in [0.4, 0.5) is 13.2 Å². The van der Waals surface area contributed by atoms with Crippen LogP contribution in [-0.4, -0.2) is 14.4 Å². The molecule has 0 amide bonds. The highest BCUT2D eigenvalue weighted by Gasteiger charge is 2.33. The van der Waals surface area contributed by atoms with Crippen molar-refractivity contribution in [3.8, 4) is 0 Å². The van der Waals surface area contributed by atoms with Gasteiger partial charge in [-0.2, -0.15) is 13.2 Å². The lowest BCUT2D eigenvalue weighted by atomic mass is 10.2. The van der Waals surface area contributed by atoms with Crippen LogP contribution in [-0.2, 0) is 12.6 Å². The minimum absolute atomic E-state index is 0.133. The van der Waals surface area contributed by atoms with Gasteiger partial charge in [0.1, 0.15) is 5.65 Å². The molecule has 3 nitrogen and oxygen atoms in total. The third-order valence-electron chi connectivity index (χ3n) is 2.19. The van der Waals surface area contributed by atoms with Crippen LogP contribution in [0, 0.1) is 0 Å². The van der Waals surface area contributed by atoms with Crippen molar-refractivity contribution < 1.29 is 13.2 Å². The van der Waals surface area contributed by atoms with Crippen LogP contribution in [0.3, 0.4) is 0 Å². The number of thiocarbonyl (C=S) groups is 1. The third-order valence-corrected chi connectivity index (χ3v) is 2.34. The first-order valence-electron chi connectivity index (χ1n) is 4.70. The van der Waals surface area contributed by atoms with E-state index >= 15 is 0 Å². The molecule has 2 rings (SSSR count). The molecule has 0 saturated heterocycles. The molecule has 2 aromatic heterocycles. The summed E-state index contributed by atoms with van der Waals surface area (Å²) in [6, 6.07) is 2.31. The molecule has 0 radical (unpaired) electrons. The van der Waals surface area contributed by atoms with Gasteiger partial charge in [0, 0.05) is 18.8 Å². The smallest absolute Gasteiger partial charge is 0.393 e. The highest BCUT2D eigenvalue weighted by atomic mass is 32.1. The number of pyridine rings is 1. The van der Waals surface area contributed by atoms with E-state index in [2.05, 4.69) is 4.98 Å². The molecule has 0 bridgehead atoms. The van der Waals surface area contributed by atoms with E-state index in [-0.39, 0.29) is 17.1 Å². The van der Waals surface area contributed by atoms with Crippen LogP contribution < -0.4 is 5.73 Å². The maximum Gasteiger partial charge on any atom is 0.419 e. The number of nitrogens with two attached hydrogens (primary N) is 1. The van der Waals surface area contributed by atoms with Gasteiger partial charge in [-0.05, 0) is 12.1 Å². The van der Waals surface area contributed by atoms with Gasteiger partial charge < -0.3 is 10.1 Å². The molecule has 2 heterocycles. The average molecular weight is 259 g/mol. The van der Waals surface area contributed by atoms with E-state index in [1.54, 1.807) is 0 Å². The fourth-order valence-corrected chi connectivity index (χ4v) is 1.70. The Balaban J connectivity index is 2.57. The van der Waals surface area contributed by atoms with Crippen molar-refractivity contribution in [2.45, 2.75) is 12.6 Å². The van der Waals surface area contributed by atoms with Gasteiger partial charge in [0.2, 0.25) is 0 Å². The van der Waals surface area contributed by atoms with Crippen LogP contribution in [0.15, 0.2) is 24.5 Å². The molecule has 0 aromatic carbocycles. The molecule has 2 N–H and O–H groups in total. The Labute approximate surface area is 100 Å². The second-order valence-corrected chi connectivity index (χ2v) is 4.05. The Bertz CT molecular complexity index is 574. The lowest BCUT2D eigenvalue weighted by Gasteiger charge is -2.06. The van der Waals surface area contributed by atoms with E-state index in [1.165, 1.54) is 22.9 Å². The van der Waals surface area contributed by atoms with E-state index in [4.69, 9.17) is 18.0 Å². The van der Waals surface area contributed by atoms with E-state index in [1.807, 2.05) is 0 Å². The summed E-state index contributed by atoms with van der Waals surface area (Å²) < 4.78 is 39.4. The molecular formula is C10H8F3N3S. The maximum absolute atomic E-state index is 12.7. The van der Waals surface area contributed by atoms with Gasteiger partial charge in [0.25, 0.3) is 0 Å². The molecule has 0 spiro atoms. The monoisotopic (exact) mass is 259 g/mol. The molecule has 2 aromatic rings. The summed E-state index contributed by atoms with van der Waals surface area (Å²) in [5, 5.41) is 0. The summed E-state index contributed by atoms with van der Waals surface area (Å²) in [6.45, 7) is 0. The fraction of sp³-hybridized carbons (Fsp3) is 0.200. The number of fused-ring (bicyclic) bond motifs is 1. The normalized spacial score (nSPS) is 11.9. The predicted molar refractivity (Wildman–Crippen MR) is 60.7 cm³/mol. The Kier molecular flexibility index (Phi) is 2.78. The van der Waals surface area contributed by atoms with E-state index in [0.29, 0.717) is 5.69 Å². The van der Waals surface area contributed by atoms with E-state index in [0.717, 1.165) is 6.07 Å². The zero-order valence-corrected chi connectivity index (χ0v) is 9.35. The summed E-state index contributed by atoms with van der Waals surface area (Å²) >= 11 is 4.69. The van der Waals surface area contributed by atoms with Crippen LogP contribution >= 0.6 is 12.2 Å². The molecule has 0 saturated carbocycles. The molecule has 0 aliphatic heterocycles. The first-order valence-corrected chi connectivity index (χ1v) is 5.11. The maximum atomic E-state index is 12.7. The molecular weight excluding hydrogens is 251 g/mol. The minimum atomic E-state index is -4.42. The summed E-state index contributed by atoms with van der Waals surface area (Å²) in [7, 11) is 0. The molecule has 90 valence electrons. The van der Waals surface area contributed by atoms with Gasteiger partial charge >= 0.3 is 6.18 Å². The largest absolute Gasteiger partial charge is 0.419 e. The van der Waals surface area contributed by atoms with E-state index in [9.17, 15) is 13.2 Å². The van der Waals surface area contributed by atoms with Crippen molar-refractivity contribution in [3.63, 3.8) is 0 Å². The minimum Gasteiger partial charge on any atom is -0.393 e. The Morgan fingerprint density at radius 3 is 2.76 bits per heavy atom. The van der Waals surface area contributed by atoms with Crippen molar-refractivity contribution >= 4 is 22.9 Å². The molecule has 7 heteroatoms. The topological polar surface area (TPSA) is 43.3 Å². The molecule has 0 aliphatic carbocycles. The van der Waals surface area contributed by atoms with Crippen molar-refractivity contribution in [1.82, 2.24) is 9.38 Å². The number of halogens is 3. The van der Waals surface area contributed by atoms with E-state index < -0.39 is 11.7 Å². The third kappa shape index (κ3) is 2.38. The van der Waals surface area contributed by atoms with Crippen LogP contribution in [0.5, 0.6) is 0 Å². The fourth-order valence-electron chi connectivity index (χ4n) is 1.55. The zero-order chi connectivity index (χ0) is 12.6. The highest BCUT2D eigenvalue weighted by Crippen LogP contribution is 2.31. The Hall–Kier alpha value is -1.63. The second kappa shape index (κ2) is 3.99. The van der Waals surface area contributed by atoms with Crippen LogP contribution in [0.25, 0.3) is 5.65 Å². The number of rotatable bonds is 2. The average Bonchev–Trinajstić information content (AvgIpc) is 2.55. The first kappa shape index (κ1) is 11.8. The highest BCUT2D eigenvalue weighted by molar-refractivity contribution is 7.80. The van der Waals surface area contributed by atoms with Crippen LogP contribution in [0.1, 0.15) is 11.3 Å². The van der Waals surface area contributed by atoms with Crippen molar-refractivity contribution in [3.05, 3.63) is 35.8 Å². The SMILES string of the molecule is NC(=S)Cc1cn2cccc(C(F)(F)F)c2n1. The number of nitrogens with zero attached hydrogens (tertiary/aromatic N) is 2. The van der Waals surface area contributed by atoms with Gasteiger partial charge in [0.05, 0.1) is 16.2 Å². The van der Waals surface area contributed by atoms with Gasteiger partial charge in [-0.3, -0.25) is 0 Å². The second-order valence-electron chi connectivity index (χ2n) is 3.53. The zero-order valence-electron chi connectivity index (χ0n) is 8.53. The molecule has 0 aliphatic rings. The number of imidazole rings is 1. The summed E-state index contributed by atoms with van der Waals surface area (Å²) in [5.41, 5.74) is 4.85. The molecule has 0 unspecified atom stereocenters. The summed E-state index contributed by atoms with van der Waals surface area (Å²) in [4.78, 5) is 4.09. The van der Waals surface area contributed by atoms with Gasteiger partial charge in [-0.1, -0.05) is 12.2 Å². The number of hydrogen-bond acceptors (Lipinski definition) is 2. The lowest BCUT2D eigenvalue weighted by Crippen LogP contribution is -2.11. The van der Waals surface area contributed by atoms with Crippen molar-refractivity contribution in [2.75, 3.05) is 0 Å². The molecule has 17 heavy (non-hydrogen) atoms. The summed E-state index contributed by atoms with van der Waals surface area (Å²) in [5.74, 6) is 0. The quantitative estimate of drug-likeness (QED) is 0.841. The van der Waals surface area contributed by atoms with Gasteiger partial charge in [-0.25, -0.2) is 4.98 Å². The number of alkyl halides is 3. The number of aromatic nitrogens is 2. The molecule has 0 fully saturated rings. The van der Waals surface area contributed by atoms with Crippen LogP contribution in [0.2, 0.25) is 0 Å². The predicted octanol–water partition coefficient (Wildman–Crippen LogP) is 2.18. The van der Waals surface area contributed by atoms with Crippen molar-refractivity contribution in [2.24, 2.45) is 5.73 Å². The number of hydrogen-bond donors (Lipinski definition) is 1. The Morgan fingerprint density at radius 1 is 1.47 bits per heavy atom. The first-order chi connectivity index (χ1) is 7.88.